The van der Waals surface area contributed by atoms with Crippen molar-refractivity contribution in [3.63, 3.8) is 0 Å². The molecule has 1 saturated heterocycles. The second kappa shape index (κ2) is 9.15. The maximum Gasteiger partial charge on any atom is 0.276 e. The Labute approximate surface area is 183 Å². The number of likely N-dealkylation sites (tertiary alicyclic amines) is 1. The number of H-pyrrole nitrogens is 1. The molecule has 10 nitrogen and oxygen atoms in total. The number of aromatic nitrogens is 2. The SMILES string of the molecule is NC(=O)C1CCN(CCc2ccc(NC(=O)c3n[nH]c4ccc([N+](=O)[O-])cc34)cc2)CC1. The van der Waals surface area contributed by atoms with Gasteiger partial charge in [0.05, 0.1) is 10.4 Å². The standard InChI is InChI=1S/C22H24N6O4/c23-21(29)15-8-11-27(12-9-15)10-7-14-1-3-16(4-2-14)24-22(30)20-18-13-17(28(31)32)5-6-19(18)25-26-20/h1-6,13,15H,7-12H2,(H2,23,29)(H,24,30)(H,25,26). The molecule has 0 saturated carbocycles. The molecule has 2 aromatic carbocycles. The van der Waals surface area contributed by atoms with Crippen molar-refractivity contribution in [2.75, 3.05) is 25.0 Å². The monoisotopic (exact) mass is 436 g/mol. The molecule has 0 bridgehead atoms. The second-order valence-electron chi connectivity index (χ2n) is 7.98. The highest BCUT2D eigenvalue weighted by atomic mass is 16.6. The Morgan fingerprint density at radius 3 is 2.56 bits per heavy atom. The fraction of sp³-hybridized carbons (Fsp3) is 0.318. The summed E-state index contributed by atoms with van der Waals surface area (Å²) in [6.07, 6.45) is 2.49. The first-order valence-electron chi connectivity index (χ1n) is 10.4. The Bertz CT molecular complexity index is 1150. The number of benzene rings is 2. The van der Waals surface area contributed by atoms with Crippen molar-refractivity contribution < 1.29 is 14.5 Å². The average molecular weight is 436 g/mol. The minimum atomic E-state index is -0.507. The van der Waals surface area contributed by atoms with E-state index in [1.54, 1.807) is 0 Å². The van der Waals surface area contributed by atoms with E-state index in [-0.39, 0.29) is 23.2 Å². The summed E-state index contributed by atoms with van der Waals surface area (Å²) in [6, 6.07) is 11.8. The number of aromatic amines is 1. The van der Waals surface area contributed by atoms with Gasteiger partial charge >= 0.3 is 0 Å². The van der Waals surface area contributed by atoms with Crippen molar-refractivity contribution in [3.8, 4) is 0 Å². The van der Waals surface area contributed by atoms with Gasteiger partial charge < -0.3 is 16.0 Å². The van der Waals surface area contributed by atoms with Gasteiger partial charge in [-0.1, -0.05) is 12.1 Å². The molecule has 32 heavy (non-hydrogen) atoms. The molecule has 4 N–H and O–H groups in total. The fourth-order valence-electron chi connectivity index (χ4n) is 3.96. The summed E-state index contributed by atoms with van der Waals surface area (Å²) >= 11 is 0. The van der Waals surface area contributed by atoms with Crippen LogP contribution in [0.5, 0.6) is 0 Å². The number of non-ortho nitro benzene ring substituents is 1. The minimum absolute atomic E-state index is 0.00748. The third kappa shape index (κ3) is 4.75. The van der Waals surface area contributed by atoms with Crippen molar-refractivity contribution in [2.24, 2.45) is 11.7 Å². The van der Waals surface area contributed by atoms with Gasteiger partial charge in [-0.25, -0.2) is 0 Å². The van der Waals surface area contributed by atoms with Crippen molar-refractivity contribution in [2.45, 2.75) is 19.3 Å². The van der Waals surface area contributed by atoms with Gasteiger partial charge in [-0.15, -0.1) is 0 Å². The topological polar surface area (TPSA) is 147 Å². The van der Waals surface area contributed by atoms with E-state index in [1.165, 1.54) is 18.2 Å². The number of primary amides is 1. The summed E-state index contributed by atoms with van der Waals surface area (Å²) in [4.78, 5) is 36.8. The van der Waals surface area contributed by atoms with E-state index >= 15 is 0 Å². The van der Waals surface area contributed by atoms with E-state index in [0.29, 0.717) is 16.6 Å². The van der Waals surface area contributed by atoms with Gasteiger partial charge in [0, 0.05) is 35.7 Å². The van der Waals surface area contributed by atoms with Gasteiger partial charge in [-0.3, -0.25) is 24.8 Å². The molecule has 1 fully saturated rings. The number of fused-ring (bicyclic) bond motifs is 1. The molecule has 2 amide bonds. The van der Waals surface area contributed by atoms with Crippen LogP contribution in [0.2, 0.25) is 0 Å². The van der Waals surface area contributed by atoms with Crippen LogP contribution in [-0.2, 0) is 11.2 Å². The number of piperidine rings is 1. The van der Waals surface area contributed by atoms with Crippen molar-refractivity contribution >= 4 is 34.1 Å². The number of hydrogen-bond acceptors (Lipinski definition) is 6. The maximum absolute atomic E-state index is 12.7. The number of nitrogens with two attached hydrogens (primary N) is 1. The molecule has 4 rings (SSSR count). The zero-order chi connectivity index (χ0) is 22.7. The quantitative estimate of drug-likeness (QED) is 0.383. The number of nitrogens with zero attached hydrogens (tertiary/aromatic N) is 3. The molecule has 0 unspecified atom stereocenters. The van der Waals surface area contributed by atoms with Crippen LogP contribution in [0, 0.1) is 16.0 Å². The summed E-state index contributed by atoms with van der Waals surface area (Å²) in [5.41, 5.74) is 7.69. The predicted octanol–water partition coefficient (Wildman–Crippen LogP) is 2.46. The van der Waals surface area contributed by atoms with Gasteiger partial charge in [0.1, 0.15) is 0 Å². The summed E-state index contributed by atoms with van der Waals surface area (Å²) in [5.74, 6) is -0.655. The predicted molar refractivity (Wildman–Crippen MR) is 119 cm³/mol. The third-order valence-electron chi connectivity index (χ3n) is 5.89. The van der Waals surface area contributed by atoms with E-state index in [0.717, 1.165) is 44.5 Å². The van der Waals surface area contributed by atoms with Gasteiger partial charge in [-0.2, -0.15) is 5.10 Å². The minimum Gasteiger partial charge on any atom is -0.369 e. The molecule has 166 valence electrons. The van der Waals surface area contributed by atoms with Gasteiger partial charge in [-0.05, 0) is 56.1 Å². The summed E-state index contributed by atoms with van der Waals surface area (Å²) < 4.78 is 0. The molecule has 0 aliphatic carbocycles. The van der Waals surface area contributed by atoms with Crippen LogP contribution in [0.25, 0.3) is 10.9 Å². The average Bonchev–Trinajstić information content (AvgIpc) is 3.22. The summed E-state index contributed by atoms with van der Waals surface area (Å²) in [5, 5.41) is 20.9. The van der Waals surface area contributed by atoms with Crippen LogP contribution >= 0.6 is 0 Å². The largest absolute Gasteiger partial charge is 0.369 e. The van der Waals surface area contributed by atoms with Crippen LogP contribution in [0.3, 0.4) is 0 Å². The van der Waals surface area contributed by atoms with E-state index in [4.69, 9.17) is 5.73 Å². The van der Waals surface area contributed by atoms with Crippen molar-refractivity contribution in [3.05, 3.63) is 63.8 Å². The Kier molecular flexibility index (Phi) is 6.13. The van der Waals surface area contributed by atoms with Crippen molar-refractivity contribution in [1.82, 2.24) is 15.1 Å². The molecular formula is C22H24N6O4. The Morgan fingerprint density at radius 2 is 1.91 bits per heavy atom. The van der Waals surface area contributed by atoms with E-state index in [9.17, 15) is 19.7 Å². The van der Waals surface area contributed by atoms with Gasteiger partial charge in [0.2, 0.25) is 5.91 Å². The molecule has 1 aliphatic heterocycles. The van der Waals surface area contributed by atoms with Crippen molar-refractivity contribution in [1.29, 1.82) is 0 Å². The number of nitro groups is 1. The molecule has 1 aromatic heterocycles. The number of nitro benzene ring substituents is 1. The normalized spacial score (nSPS) is 15.0. The molecule has 1 aliphatic rings. The second-order valence-corrected chi connectivity index (χ2v) is 7.98. The van der Waals surface area contributed by atoms with Crippen LogP contribution in [0.1, 0.15) is 28.9 Å². The lowest BCUT2D eigenvalue weighted by atomic mass is 9.96. The van der Waals surface area contributed by atoms with E-state index in [2.05, 4.69) is 20.4 Å². The number of carbonyl (C=O) groups excluding carboxylic acids is 2. The Morgan fingerprint density at radius 1 is 1.19 bits per heavy atom. The Balaban J connectivity index is 1.34. The molecule has 2 heterocycles. The van der Waals surface area contributed by atoms with Gasteiger partial charge in [0.25, 0.3) is 11.6 Å². The summed E-state index contributed by atoms with van der Waals surface area (Å²) in [7, 11) is 0. The highest BCUT2D eigenvalue weighted by molar-refractivity contribution is 6.11. The highest BCUT2D eigenvalue weighted by Gasteiger charge is 2.22. The zero-order valence-corrected chi connectivity index (χ0v) is 17.4. The van der Waals surface area contributed by atoms with Crippen LogP contribution in [0.4, 0.5) is 11.4 Å². The first-order valence-corrected chi connectivity index (χ1v) is 10.4. The zero-order valence-electron chi connectivity index (χ0n) is 17.4. The number of rotatable bonds is 7. The first-order chi connectivity index (χ1) is 15.4. The lowest BCUT2D eigenvalue weighted by Crippen LogP contribution is -2.39. The molecule has 3 aromatic rings. The fourth-order valence-corrected chi connectivity index (χ4v) is 3.96. The number of hydrogen-bond donors (Lipinski definition) is 3. The third-order valence-corrected chi connectivity index (χ3v) is 5.89. The number of anilines is 1. The smallest absolute Gasteiger partial charge is 0.276 e. The molecule has 0 atom stereocenters. The number of nitrogens with one attached hydrogen (secondary N) is 2. The molecule has 10 heteroatoms. The van der Waals surface area contributed by atoms with E-state index in [1.807, 2.05) is 24.3 Å². The lowest BCUT2D eigenvalue weighted by Gasteiger charge is -2.30. The Hall–Kier alpha value is -3.79. The van der Waals surface area contributed by atoms with Crippen LogP contribution in [-0.4, -0.2) is 51.5 Å². The molecule has 0 radical (unpaired) electrons. The first kappa shape index (κ1) is 21.4. The molecular weight excluding hydrogens is 412 g/mol. The lowest BCUT2D eigenvalue weighted by molar-refractivity contribution is -0.384. The summed E-state index contributed by atoms with van der Waals surface area (Å²) in [6.45, 7) is 2.64. The van der Waals surface area contributed by atoms with Crippen LogP contribution < -0.4 is 11.1 Å². The van der Waals surface area contributed by atoms with E-state index < -0.39 is 10.8 Å². The highest BCUT2D eigenvalue weighted by Crippen LogP contribution is 2.23. The molecule has 0 spiro atoms. The number of carbonyl (C=O) groups is 2. The van der Waals surface area contributed by atoms with Gasteiger partial charge in [0.15, 0.2) is 5.69 Å². The number of amides is 2. The maximum atomic E-state index is 12.7. The van der Waals surface area contributed by atoms with Crippen LogP contribution in [0.15, 0.2) is 42.5 Å².